The standard InChI is InChI=1S/C25H39N3O2/c1-3-5-7-9-11-13-15-23-26-24(16-14-12-10-8-6-4-2)28-25(27-23)30-22-19-17-21(29)18-20-22/h17-20,29H,3-16H2,1-2H3. The Hall–Kier alpha value is -2.17. The predicted molar refractivity (Wildman–Crippen MR) is 122 cm³/mol. The van der Waals surface area contributed by atoms with Gasteiger partial charge >= 0.3 is 6.01 Å². The molecule has 0 radical (unpaired) electrons. The van der Waals surface area contributed by atoms with E-state index >= 15 is 0 Å². The van der Waals surface area contributed by atoms with Crippen LogP contribution in [0.3, 0.4) is 0 Å². The van der Waals surface area contributed by atoms with Gasteiger partial charge in [0.1, 0.15) is 23.1 Å². The Morgan fingerprint density at radius 3 is 1.60 bits per heavy atom. The van der Waals surface area contributed by atoms with E-state index < -0.39 is 0 Å². The van der Waals surface area contributed by atoms with Gasteiger partial charge in [0, 0.05) is 12.8 Å². The second-order valence-corrected chi connectivity index (χ2v) is 8.08. The van der Waals surface area contributed by atoms with Crippen LogP contribution in [0.5, 0.6) is 17.5 Å². The van der Waals surface area contributed by atoms with E-state index in [1.807, 2.05) is 0 Å². The van der Waals surface area contributed by atoms with Crippen LogP contribution in [0.1, 0.15) is 103 Å². The van der Waals surface area contributed by atoms with E-state index in [-0.39, 0.29) is 5.75 Å². The molecule has 5 heteroatoms. The van der Waals surface area contributed by atoms with Crippen molar-refractivity contribution in [2.24, 2.45) is 0 Å². The van der Waals surface area contributed by atoms with Gasteiger partial charge in [-0.05, 0) is 37.1 Å². The molecule has 1 aromatic heterocycles. The third-order valence-electron chi connectivity index (χ3n) is 5.26. The lowest BCUT2D eigenvalue weighted by Gasteiger charge is -2.09. The number of phenolic OH excluding ortho intramolecular Hbond substituents is 1. The maximum Gasteiger partial charge on any atom is 0.325 e. The van der Waals surface area contributed by atoms with E-state index in [1.54, 1.807) is 24.3 Å². The molecule has 2 rings (SSSR count). The van der Waals surface area contributed by atoms with Gasteiger partial charge < -0.3 is 9.84 Å². The van der Waals surface area contributed by atoms with Gasteiger partial charge in [-0.1, -0.05) is 78.1 Å². The average molecular weight is 414 g/mol. The van der Waals surface area contributed by atoms with Crippen molar-refractivity contribution in [2.75, 3.05) is 0 Å². The first-order valence-corrected chi connectivity index (χ1v) is 11.9. The Balaban J connectivity index is 1.94. The summed E-state index contributed by atoms with van der Waals surface area (Å²) in [6, 6.07) is 7.01. The highest BCUT2D eigenvalue weighted by atomic mass is 16.5. The molecule has 166 valence electrons. The van der Waals surface area contributed by atoms with E-state index in [1.165, 1.54) is 64.2 Å². The number of nitrogens with zero attached hydrogens (tertiary/aromatic N) is 3. The lowest BCUT2D eigenvalue weighted by Crippen LogP contribution is -2.06. The molecule has 0 fully saturated rings. The van der Waals surface area contributed by atoms with Crippen LogP contribution in [-0.4, -0.2) is 20.1 Å². The highest BCUT2D eigenvalue weighted by Gasteiger charge is 2.09. The molecule has 0 saturated carbocycles. The van der Waals surface area contributed by atoms with Gasteiger partial charge in [-0.3, -0.25) is 0 Å². The summed E-state index contributed by atoms with van der Waals surface area (Å²) in [4.78, 5) is 13.8. The number of unbranched alkanes of at least 4 members (excludes halogenated alkanes) is 10. The van der Waals surface area contributed by atoms with E-state index in [0.717, 1.165) is 37.3 Å². The van der Waals surface area contributed by atoms with Gasteiger partial charge in [0.15, 0.2) is 0 Å². The SMILES string of the molecule is CCCCCCCCc1nc(CCCCCCCC)nc(Oc2ccc(O)cc2)n1. The van der Waals surface area contributed by atoms with Crippen molar-refractivity contribution >= 4 is 0 Å². The van der Waals surface area contributed by atoms with E-state index in [4.69, 9.17) is 9.72 Å². The largest absolute Gasteiger partial charge is 0.508 e. The molecule has 1 heterocycles. The molecular weight excluding hydrogens is 374 g/mol. The molecule has 30 heavy (non-hydrogen) atoms. The highest BCUT2D eigenvalue weighted by molar-refractivity contribution is 5.31. The summed E-state index contributed by atoms with van der Waals surface area (Å²) in [5.41, 5.74) is 0. The summed E-state index contributed by atoms with van der Waals surface area (Å²) in [5, 5.41) is 9.46. The number of hydrogen-bond donors (Lipinski definition) is 1. The Bertz CT molecular complexity index is 670. The lowest BCUT2D eigenvalue weighted by atomic mass is 10.1. The number of hydrogen-bond acceptors (Lipinski definition) is 5. The van der Waals surface area contributed by atoms with Gasteiger partial charge in [-0.25, -0.2) is 4.98 Å². The zero-order chi connectivity index (χ0) is 21.4. The number of aryl methyl sites for hydroxylation is 2. The molecule has 0 aliphatic carbocycles. The minimum Gasteiger partial charge on any atom is -0.508 e. The zero-order valence-corrected chi connectivity index (χ0v) is 18.9. The van der Waals surface area contributed by atoms with Gasteiger partial charge in [0.2, 0.25) is 0 Å². The van der Waals surface area contributed by atoms with Crippen molar-refractivity contribution in [2.45, 2.75) is 104 Å². The number of benzene rings is 1. The summed E-state index contributed by atoms with van der Waals surface area (Å²) in [6.45, 7) is 4.48. The number of aromatic nitrogens is 3. The fourth-order valence-electron chi connectivity index (χ4n) is 3.46. The van der Waals surface area contributed by atoms with Crippen LogP contribution in [0.25, 0.3) is 0 Å². The summed E-state index contributed by atoms with van der Waals surface area (Å²) in [5.74, 6) is 2.49. The van der Waals surface area contributed by atoms with E-state index in [9.17, 15) is 5.11 Å². The molecule has 0 saturated heterocycles. The maximum absolute atomic E-state index is 9.46. The van der Waals surface area contributed by atoms with Crippen LogP contribution in [0.15, 0.2) is 24.3 Å². The van der Waals surface area contributed by atoms with Crippen molar-refractivity contribution in [1.82, 2.24) is 15.0 Å². The van der Waals surface area contributed by atoms with Crippen molar-refractivity contribution < 1.29 is 9.84 Å². The van der Waals surface area contributed by atoms with Crippen molar-refractivity contribution in [3.63, 3.8) is 0 Å². The molecule has 0 aliphatic rings. The highest BCUT2D eigenvalue weighted by Crippen LogP contribution is 2.21. The monoisotopic (exact) mass is 413 g/mol. The third kappa shape index (κ3) is 10.0. The molecule has 1 aromatic carbocycles. The normalized spacial score (nSPS) is 11.0. The smallest absolute Gasteiger partial charge is 0.325 e. The van der Waals surface area contributed by atoms with Crippen LogP contribution in [0, 0.1) is 0 Å². The number of rotatable bonds is 16. The first kappa shape index (κ1) is 24.1. The molecule has 0 spiro atoms. The molecule has 0 unspecified atom stereocenters. The maximum atomic E-state index is 9.46. The summed E-state index contributed by atoms with van der Waals surface area (Å²) in [7, 11) is 0. The van der Waals surface area contributed by atoms with Gasteiger partial charge in [0.25, 0.3) is 0 Å². The predicted octanol–water partition coefficient (Wildman–Crippen LogP) is 7.18. The Morgan fingerprint density at radius 1 is 0.633 bits per heavy atom. The first-order chi connectivity index (χ1) is 14.7. The van der Waals surface area contributed by atoms with Crippen LogP contribution in [0.4, 0.5) is 0 Å². The molecule has 0 bridgehead atoms. The van der Waals surface area contributed by atoms with Crippen molar-refractivity contribution in [3.05, 3.63) is 35.9 Å². The van der Waals surface area contributed by atoms with Crippen molar-refractivity contribution in [1.29, 1.82) is 0 Å². The lowest BCUT2D eigenvalue weighted by molar-refractivity contribution is 0.427. The zero-order valence-electron chi connectivity index (χ0n) is 18.9. The molecule has 1 N–H and O–H groups in total. The number of phenols is 1. The second-order valence-electron chi connectivity index (χ2n) is 8.08. The van der Waals surface area contributed by atoms with Crippen LogP contribution in [0.2, 0.25) is 0 Å². The minimum absolute atomic E-state index is 0.213. The fourth-order valence-corrected chi connectivity index (χ4v) is 3.46. The fraction of sp³-hybridized carbons (Fsp3) is 0.640. The quantitative estimate of drug-likeness (QED) is 0.295. The number of aromatic hydroxyl groups is 1. The topological polar surface area (TPSA) is 68.1 Å². The summed E-state index contributed by atoms with van der Waals surface area (Å²) >= 11 is 0. The van der Waals surface area contributed by atoms with Gasteiger partial charge in [-0.15, -0.1) is 0 Å². The van der Waals surface area contributed by atoms with Crippen molar-refractivity contribution in [3.8, 4) is 17.5 Å². The summed E-state index contributed by atoms with van der Waals surface area (Å²) < 4.78 is 5.86. The molecule has 0 aliphatic heterocycles. The van der Waals surface area contributed by atoms with Gasteiger partial charge in [0.05, 0.1) is 0 Å². The third-order valence-corrected chi connectivity index (χ3v) is 5.26. The molecule has 2 aromatic rings. The average Bonchev–Trinajstić information content (AvgIpc) is 2.75. The molecular formula is C25H39N3O2. The Morgan fingerprint density at radius 2 is 1.10 bits per heavy atom. The van der Waals surface area contributed by atoms with Crippen LogP contribution in [-0.2, 0) is 12.8 Å². The molecule has 0 atom stereocenters. The van der Waals surface area contributed by atoms with E-state index in [0.29, 0.717) is 11.8 Å². The second kappa shape index (κ2) is 14.8. The van der Waals surface area contributed by atoms with Crippen LogP contribution >= 0.6 is 0 Å². The minimum atomic E-state index is 0.213. The Kier molecular flexibility index (Phi) is 11.9. The van der Waals surface area contributed by atoms with Crippen LogP contribution < -0.4 is 4.74 Å². The van der Waals surface area contributed by atoms with E-state index in [2.05, 4.69) is 23.8 Å². The first-order valence-electron chi connectivity index (χ1n) is 11.9. The molecule has 5 nitrogen and oxygen atoms in total. The Labute approximate surface area is 182 Å². The van der Waals surface area contributed by atoms with Gasteiger partial charge in [-0.2, -0.15) is 9.97 Å². The summed E-state index contributed by atoms with van der Waals surface area (Å²) in [6.07, 6.45) is 16.7. The molecule has 0 amide bonds. The number of ether oxygens (including phenoxy) is 1.